The number of hydrogen-bond acceptors (Lipinski definition) is 1. The number of nitrogens with two attached hydrogens (primary N) is 1. The van der Waals surface area contributed by atoms with Crippen LogP contribution in [0.2, 0.25) is 0 Å². The number of primary amides is 1. The van der Waals surface area contributed by atoms with E-state index in [1.165, 1.54) is 17.0 Å². The van der Waals surface area contributed by atoms with Crippen molar-refractivity contribution in [2.24, 2.45) is 11.7 Å². The molecule has 0 radical (unpaired) electrons. The van der Waals surface area contributed by atoms with Gasteiger partial charge in [-0.3, -0.25) is 4.79 Å². The Balaban J connectivity index is 1.48. The lowest BCUT2D eigenvalue weighted by molar-refractivity contribution is -0.694. The highest BCUT2D eigenvalue weighted by Gasteiger charge is 2.51. The molecule has 1 aromatic heterocycles. The van der Waals surface area contributed by atoms with Crippen molar-refractivity contribution in [1.29, 1.82) is 0 Å². The van der Waals surface area contributed by atoms with Crippen LogP contribution < -0.4 is 10.3 Å². The number of carbonyl (C=O) groups excluding carboxylic acids is 1. The molecule has 1 amide bonds. The minimum absolute atomic E-state index is 0.126. The number of benzene rings is 3. The molecular weight excluding hydrogens is 430 g/mol. The van der Waals surface area contributed by atoms with E-state index in [1.807, 2.05) is 36.4 Å². The maximum absolute atomic E-state index is 13.4. The Morgan fingerprint density at radius 3 is 2.11 bits per heavy atom. The van der Waals surface area contributed by atoms with Gasteiger partial charge in [0.1, 0.15) is 30.4 Å². The second-order valence-electron chi connectivity index (χ2n) is 9.88. The normalized spacial score (nSPS) is 18.0. The monoisotopic (exact) mass is 464 g/mol. The lowest BCUT2D eigenvalue weighted by atomic mass is 9.64. The molecule has 0 saturated heterocycles. The highest BCUT2D eigenvalue weighted by molar-refractivity contribution is 5.91. The zero-order chi connectivity index (χ0) is 24.4. The number of amides is 1. The Hall–Kier alpha value is -3.66. The fourth-order valence-electron chi connectivity index (χ4n) is 6.17. The summed E-state index contributed by atoms with van der Waals surface area (Å²) in [6.45, 7) is 5.22. The van der Waals surface area contributed by atoms with Gasteiger partial charge in [-0.05, 0) is 54.4 Å². The number of aryl methyl sites for hydroxylation is 1. The molecule has 4 nitrogen and oxygen atoms in total. The molecule has 0 spiro atoms. The van der Waals surface area contributed by atoms with Gasteiger partial charge in [-0.25, -0.2) is 9.13 Å². The van der Waals surface area contributed by atoms with E-state index < -0.39 is 5.41 Å². The molecule has 0 aliphatic heterocycles. The first-order chi connectivity index (χ1) is 17.0. The van der Waals surface area contributed by atoms with Gasteiger partial charge in [0, 0.05) is 6.92 Å². The van der Waals surface area contributed by atoms with Gasteiger partial charge in [-0.2, -0.15) is 0 Å². The molecule has 1 saturated carbocycles. The van der Waals surface area contributed by atoms with E-state index in [4.69, 9.17) is 5.73 Å². The third-order valence-corrected chi connectivity index (χ3v) is 8.06. The molecule has 2 unspecified atom stereocenters. The summed E-state index contributed by atoms with van der Waals surface area (Å²) in [5.41, 5.74) is 10.1. The Morgan fingerprint density at radius 2 is 1.51 bits per heavy atom. The molecule has 35 heavy (non-hydrogen) atoms. The van der Waals surface area contributed by atoms with Crippen molar-refractivity contribution < 1.29 is 9.36 Å². The molecule has 2 N–H and O–H groups in total. The van der Waals surface area contributed by atoms with Crippen molar-refractivity contribution in [3.8, 4) is 0 Å². The van der Waals surface area contributed by atoms with Crippen LogP contribution in [0.15, 0.2) is 97.3 Å². The van der Waals surface area contributed by atoms with Crippen molar-refractivity contribution in [3.05, 3.63) is 125 Å². The third-order valence-electron chi connectivity index (χ3n) is 8.06. The quantitative estimate of drug-likeness (QED) is 0.373. The second-order valence-corrected chi connectivity index (χ2v) is 9.88. The number of aromatic nitrogens is 2. The van der Waals surface area contributed by atoms with E-state index in [0.29, 0.717) is 6.04 Å². The lowest BCUT2D eigenvalue weighted by Crippen LogP contribution is -2.47. The predicted octanol–water partition coefficient (Wildman–Crippen LogP) is 5.25. The van der Waals surface area contributed by atoms with Gasteiger partial charge in [0.25, 0.3) is 5.82 Å². The van der Waals surface area contributed by atoms with Crippen LogP contribution in [0, 0.1) is 19.8 Å². The summed E-state index contributed by atoms with van der Waals surface area (Å²) in [6.07, 6.45) is 7.28. The first kappa shape index (κ1) is 23.1. The van der Waals surface area contributed by atoms with E-state index in [1.54, 1.807) is 0 Å². The number of rotatable bonds is 7. The smallest absolute Gasteiger partial charge is 0.253 e. The minimum atomic E-state index is -0.838. The molecule has 2 atom stereocenters. The molecule has 1 aliphatic carbocycles. The van der Waals surface area contributed by atoms with Crippen LogP contribution >= 0.6 is 0 Å². The van der Waals surface area contributed by atoms with E-state index in [9.17, 15) is 4.79 Å². The molecule has 3 aromatic carbocycles. The zero-order valence-corrected chi connectivity index (χ0v) is 20.6. The molecule has 1 heterocycles. The van der Waals surface area contributed by atoms with Crippen molar-refractivity contribution in [1.82, 2.24) is 4.57 Å². The molecule has 4 aromatic rings. The maximum Gasteiger partial charge on any atom is 0.253 e. The van der Waals surface area contributed by atoms with Crippen molar-refractivity contribution in [2.45, 2.75) is 51.1 Å². The molecular formula is C31H34N3O+. The number of hydrogen-bond donors (Lipinski definition) is 1. The standard InChI is InChI=1S/C31H33N3O/c1-23-11-9-10-12-25(23)22-33-19-20-34(24(33)2)29-18-17-28(21-29)31(30(32)35,26-13-5-3-6-14-26)27-15-7-4-8-16-27/h3-16,19-20,28-29H,17-18,21-22H2,1-2H3,(H-,32,35)/p+1. The van der Waals surface area contributed by atoms with Crippen molar-refractivity contribution in [2.75, 3.05) is 0 Å². The van der Waals surface area contributed by atoms with Crippen LogP contribution in [-0.2, 0) is 16.8 Å². The van der Waals surface area contributed by atoms with Crippen molar-refractivity contribution in [3.63, 3.8) is 0 Å². The molecule has 1 fully saturated rings. The topological polar surface area (TPSA) is 51.9 Å². The van der Waals surface area contributed by atoms with Gasteiger partial charge >= 0.3 is 0 Å². The average molecular weight is 465 g/mol. The summed E-state index contributed by atoms with van der Waals surface area (Å²) in [6, 6.07) is 29.1. The minimum Gasteiger partial charge on any atom is -0.369 e. The lowest BCUT2D eigenvalue weighted by Gasteiger charge is -2.37. The van der Waals surface area contributed by atoms with Crippen LogP contribution in [-0.4, -0.2) is 10.5 Å². The highest BCUT2D eigenvalue weighted by Crippen LogP contribution is 2.49. The summed E-state index contributed by atoms with van der Waals surface area (Å²) in [5.74, 6) is 1.10. The maximum atomic E-state index is 13.4. The molecule has 5 rings (SSSR count). The molecule has 1 aliphatic rings. The van der Waals surface area contributed by atoms with Crippen LogP contribution in [0.1, 0.15) is 53.4 Å². The van der Waals surface area contributed by atoms with Crippen LogP contribution in [0.3, 0.4) is 0 Å². The fourth-order valence-corrected chi connectivity index (χ4v) is 6.17. The Morgan fingerprint density at radius 1 is 0.914 bits per heavy atom. The van der Waals surface area contributed by atoms with Gasteiger partial charge in [-0.1, -0.05) is 84.9 Å². The molecule has 4 heteroatoms. The van der Waals surface area contributed by atoms with Crippen LogP contribution in [0.5, 0.6) is 0 Å². The first-order valence-electron chi connectivity index (χ1n) is 12.5. The van der Waals surface area contributed by atoms with Gasteiger partial charge in [0.15, 0.2) is 0 Å². The van der Waals surface area contributed by atoms with Gasteiger partial charge in [0.2, 0.25) is 5.91 Å². The SMILES string of the molecule is Cc1ccccc1C[n+]1ccn(C2CCC(C(C(N)=O)(c3ccccc3)c3ccccc3)C2)c1C. The average Bonchev–Trinajstić information content (AvgIpc) is 3.49. The van der Waals surface area contributed by atoms with Gasteiger partial charge < -0.3 is 5.73 Å². The third kappa shape index (κ3) is 4.07. The predicted molar refractivity (Wildman–Crippen MR) is 139 cm³/mol. The highest BCUT2D eigenvalue weighted by atomic mass is 16.1. The summed E-state index contributed by atoms with van der Waals surface area (Å²) >= 11 is 0. The Kier molecular flexibility index (Phi) is 6.29. The summed E-state index contributed by atoms with van der Waals surface area (Å²) in [7, 11) is 0. The van der Waals surface area contributed by atoms with Crippen LogP contribution in [0.4, 0.5) is 0 Å². The fraction of sp³-hybridized carbons (Fsp3) is 0.290. The summed E-state index contributed by atoms with van der Waals surface area (Å²) in [4.78, 5) is 13.4. The van der Waals surface area contributed by atoms with Gasteiger partial charge in [-0.15, -0.1) is 0 Å². The number of imidazole rings is 1. The first-order valence-corrected chi connectivity index (χ1v) is 12.5. The van der Waals surface area contributed by atoms with Gasteiger partial charge in [0.05, 0.1) is 0 Å². The number of nitrogens with zero attached hydrogens (tertiary/aromatic N) is 2. The second kappa shape index (κ2) is 9.53. The van der Waals surface area contributed by atoms with E-state index >= 15 is 0 Å². The summed E-state index contributed by atoms with van der Waals surface area (Å²) < 4.78 is 4.73. The molecule has 178 valence electrons. The summed E-state index contributed by atoms with van der Waals surface area (Å²) in [5, 5.41) is 0. The van der Waals surface area contributed by atoms with Crippen LogP contribution in [0.25, 0.3) is 0 Å². The van der Waals surface area contributed by atoms with Crippen molar-refractivity contribution >= 4 is 5.91 Å². The zero-order valence-electron chi connectivity index (χ0n) is 20.6. The largest absolute Gasteiger partial charge is 0.369 e. The Bertz CT molecular complexity index is 1270. The number of carbonyl (C=O) groups is 1. The Labute approximate surface area is 208 Å². The van der Waals surface area contributed by atoms with E-state index in [0.717, 1.165) is 36.9 Å². The van der Waals surface area contributed by atoms with E-state index in [2.05, 4.69) is 83.9 Å². The van der Waals surface area contributed by atoms with E-state index in [-0.39, 0.29) is 11.8 Å². The molecule has 0 bridgehead atoms.